The third-order valence-electron chi connectivity index (χ3n) is 3.18. The number of aromatic nitrogens is 2. The van der Waals surface area contributed by atoms with Crippen LogP contribution in [0.15, 0.2) is 12.3 Å². The lowest BCUT2D eigenvalue weighted by molar-refractivity contribution is -0.134. The number of hydrogen-bond acceptors (Lipinski definition) is 3. The number of hydrogen-bond donors (Lipinski definition) is 1. The van der Waals surface area contributed by atoms with Crippen LogP contribution < -0.4 is 4.74 Å². The first-order chi connectivity index (χ1) is 9.33. The summed E-state index contributed by atoms with van der Waals surface area (Å²) in [5.74, 6) is 0.258. The van der Waals surface area contributed by atoms with Crippen LogP contribution in [0.5, 0.6) is 5.88 Å². The fourth-order valence-corrected chi connectivity index (χ4v) is 2.05. The van der Waals surface area contributed by atoms with Crippen molar-refractivity contribution in [3.05, 3.63) is 12.3 Å². The third-order valence-corrected chi connectivity index (χ3v) is 3.18. The molecule has 0 saturated heterocycles. The summed E-state index contributed by atoms with van der Waals surface area (Å²) in [6, 6.07) is 1.65. The van der Waals surface area contributed by atoms with Crippen molar-refractivity contribution in [2.24, 2.45) is 0 Å². The normalized spacial score (nSPS) is 10.6. The van der Waals surface area contributed by atoms with Gasteiger partial charge in [-0.25, -0.2) is 5.10 Å². The Kier molecular flexibility index (Phi) is 8.77. The molecule has 1 aromatic heterocycles. The van der Waals surface area contributed by atoms with Crippen LogP contribution in [0.1, 0.15) is 71.1 Å². The van der Waals surface area contributed by atoms with Gasteiger partial charge in [-0.2, -0.15) is 5.10 Å². The lowest BCUT2D eigenvalue weighted by Crippen LogP contribution is -2.07. The topological polar surface area (TPSA) is 55.0 Å². The second-order valence-electron chi connectivity index (χ2n) is 4.97. The highest BCUT2D eigenvalue weighted by Crippen LogP contribution is 2.11. The first-order valence-corrected chi connectivity index (χ1v) is 7.53. The number of H-pyrrole nitrogens is 1. The Hall–Kier alpha value is -1.32. The fraction of sp³-hybridized carbons (Fsp3) is 0.733. The predicted molar refractivity (Wildman–Crippen MR) is 76.1 cm³/mol. The average molecular weight is 266 g/mol. The summed E-state index contributed by atoms with van der Waals surface area (Å²) >= 11 is 0. The van der Waals surface area contributed by atoms with Crippen LogP contribution in [0.25, 0.3) is 0 Å². The van der Waals surface area contributed by atoms with Gasteiger partial charge in [0.25, 0.3) is 0 Å². The van der Waals surface area contributed by atoms with Crippen molar-refractivity contribution in [1.29, 1.82) is 0 Å². The van der Waals surface area contributed by atoms with Crippen LogP contribution in [0.4, 0.5) is 0 Å². The first-order valence-electron chi connectivity index (χ1n) is 7.53. The van der Waals surface area contributed by atoms with Gasteiger partial charge < -0.3 is 4.74 Å². The third kappa shape index (κ3) is 8.41. The van der Waals surface area contributed by atoms with E-state index in [0.717, 1.165) is 12.8 Å². The van der Waals surface area contributed by atoms with Crippen molar-refractivity contribution < 1.29 is 9.53 Å². The van der Waals surface area contributed by atoms with Crippen LogP contribution in [0, 0.1) is 0 Å². The molecule has 1 aromatic rings. The fourth-order valence-electron chi connectivity index (χ4n) is 2.05. The van der Waals surface area contributed by atoms with E-state index in [4.69, 9.17) is 4.74 Å². The standard InChI is InChI=1S/C15H26N2O2/c1-2-3-4-5-6-7-8-9-10-11-15(18)19-14-12-13-16-17-14/h12-13H,2-11H2,1H3,(H,16,17). The Morgan fingerprint density at radius 1 is 1.11 bits per heavy atom. The zero-order valence-electron chi connectivity index (χ0n) is 12.0. The molecular weight excluding hydrogens is 240 g/mol. The molecule has 0 aliphatic rings. The Morgan fingerprint density at radius 2 is 1.74 bits per heavy atom. The summed E-state index contributed by atoms with van der Waals surface area (Å²) in [5, 5.41) is 6.33. The molecule has 0 aliphatic carbocycles. The molecule has 4 nitrogen and oxygen atoms in total. The first kappa shape index (κ1) is 15.7. The molecule has 0 radical (unpaired) electrons. The number of aromatic amines is 1. The molecule has 108 valence electrons. The summed E-state index contributed by atoms with van der Waals surface area (Å²) in [6.07, 6.45) is 13.3. The van der Waals surface area contributed by atoms with E-state index in [2.05, 4.69) is 17.1 Å². The van der Waals surface area contributed by atoms with Gasteiger partial charge in [0.1, 0.15) is 0 Å². The smallest absolute Gasteiger partial charge is 0.312 e. The Balaban J connectivity index is 1.86. The largest absolute Gasteiger partial charge is 0.408 e. The molecule has 0 aliphatic heterocycles. The van der Waals surface area contributed by atoms with Gasteiger partial charge in [0.15, 0.2) is 0 Å². The van der Waals surface area contributed by atoms with Crippen LogP contribution in [0.2, 0.25) is 0 Å². The van der Waals surface area contributed by atoms with E-state index < -0.39 is 0 Å². The number of nitrogens with one attached hydrogen (secondary N) is 1. The highest BCUT2D eigenvalue weighted by atomic mass is 16.5. The molecule has 19 heavy (non-hydrogen) atoms. The summed E-state index contributed by atoms with van der Waals surface area (Å²) < 4.78 is 5.07. The molecule has 4 heteroatoms. The van der Waals surface area contributed by atoms with Crippen LogP contribution in [0.3, 0.4) is 0 Å². The van der Waals surface area contributed by atoms with Crippen LogP contribution in [-0.4, -0.2) is 16.2 Å². The number of nitrogens with zero attached hydrogens (tertiary/aromatic N) is 1. The van der Waals surface area contributed by atoms with Gasteiger partial charge >= 0.3 is 5.97 Å². The van der Waals surface area contributed by atoms with Gasteiger partial charge in [0.05, 0.1) is 6.20 Å². The molecule has 0 atom stereocenters. The van der Waals surface area contributed by atoms with Crippen molar-refractivity contribution in [2.75, 3.05) is 0 Å². The van der Waals surface area contributed by atoms with E-state index >= 15 is 0 Å². The molecule has 0 bridgehead atoms. The number of carbonyl (C=O) groups is 1. The van der Waals surface area contributed by atoms with E-state index in [1.165, 1.54) is 44.9 Å². The molecular formula is C15H26N2O2. The molecule has 0 amide bonds. The molecule has 1 N–H and O–H groups in total. The van der Waals surface area contributed by atoms with E-state index in [0.29, 0.717) is 12.3 Å². The quantitative estimate of drug-likeness (QED) is 0.481. The molecule has 0 spiro atoms. The van der Waals surface area contributed by atoms with Gasteiger partial charge in [-0.15, -0.1) is 0 Å². The average Bonchev–Trinajstić information content (AvgIpc) is 2.89. The highest BCUT2D eigenvalue weighted by molar-refractivity contribution is 5.71. The minimum Gasteiger partial charge on any atom is -0.408 e. The van der Waals surface area contributed by atoms with Gasteiger partial charge in [-0.05, 0) is 6.42 Å². The summed E-state index contributed by atoms with van der Waals surface area (Å²) in [5.41, 5.74) is 0. The minimum atomic E-state index is -0.174. The van der Waals surface area contributed by atoms with Gasteiger partial charge in [0.2, 0.25) is 5.88 Å². The number of rotatable bonds is 11. The van der Waals surface area contributed by atoms with Crippen molar-refractivity contribution >= 4 is 5.97 Å². The maximum absolute atomic E-state index is 11.4. The molecule has 0 fully saturated rings. The van der Waals surface area contributed by atoms with Gasteiger partial charge in [0, 0.05) is 12.5 Å². The zero-order chi connectivity index (χ0) is 13.8. The van der Waals surface area contributed by atoms with E-state index in [9.17, 15) is 4.79 Å². The van der Waals surface area contributed by atoms with E-state index in [1.807, 2.05) is 0 Å². The summed E-state index contributed by atoms with van der Waals surface area (Å²) in [6.45, 7) is 2.24. The second-order valence-corrected chi connectivity index (χ2v) is 4.97. The minimum absolute atomic E-state index is 0.174. The zero-order valence-corrected chi connectivity index (χ0v) is 12.0. The molecule has 0 aromatic carbocycles. The number of unbranched alkanes of at least 4 members (excludes halogenated alkanes) is 8. The van der Waals surface area contributed by atoms with E-state index in [1.54, 1.807) is 12.3 Å². The maximum atomic E-state index is 11.4. The lowest BCUT2D eigenvalue weighted by Gasteiger charge is -2.02. The molecule has 0 unspecified atom stereocenters. The molecule has 1 heterocycles. The van der Waals surface area contributed by atoms with Crippen LogP contribution >= 0.6 is 0 Å². The Bertz CT molecular complexity index is 323. The lowest BCUT2D eigenvalue weighted by atomic mass is 10.1. The van der Waals surface area contributed by atoms with E-state index in [-0.39, 0.29) is 5.97 Å². The summed E-state index contributed by atoms with van der Waals surface area (Å²) in [4.78, 5) is 11.4. The van der Waals surface area contributed by atoms with Crippen molar-refractivity contribution in [1.82, 2.24) is 10.2 Å². The predicted octanol–water partition coefficient (Wildman–Crippen LogP) is 4.24. The number of esters is 1. The van der Waals surface area contributed by atoms with Gasteiger partial charge in [-0.1, -0.05) is 58.3 Å². The Labute approximate surface area is 115 Å². The van der Waals surface area contributed by atoms with Crippen molar-refractivity contribution in [3.63, 3.8) is 0 Å². The monoisotopic (exact) mass is 266 g/mol. The second kappa shape index (κ2) is 10.6. The summed E-state index contributed by atoms with van der Waals surface area (Å²) in [7, 11) is 0. The van der Waals surface area contributed by atoms with Crippen LogP contribution in [-0.2, 0) is 4.79 Å². The number of ether oxygens (including phenoxy) is 1. The number of carbonyl (C=O) groups excluding carboxylic acids is 1. The highest BCUT2D eigenvalue weighted by Gasteiger charge is 2.04. The molecule has 1 rings (SSSR count). The van der Waals surface area contributed by atoms with Crippen molar-refractivity contribution in [2.45, 2.75) is 71.1 Å². The Morgan fingerprint density at radius 3 is 2.32 bits per heavy atom. The van der Waals surface area contributed by atoms with Gasteiger partial charge in [-0.3, -0.25) is 4.79 Å². The maximum Gasteiger partial charge on any atom is 0.312 e. The molecule has 0 saturated carbocycles. The SMILES string of the molecule is CCCCCCCCCCCC(=O)Oc1ccn[nH]1. The van der Waals surface area contributed by atoms with Crippen molar-refractivity contribution in [3.8, 4) is 5.88 Å².